The maximum absolute atomic E-state index is 13.1. The first-order chi connectivity index (χ1) is 31.1. The first-order valence-corrected chi connectivity index (χ1v) is 25.2. The molecule has 64 heavy (non-hydrogen) atoms. The van der Waals surface area contributed by atoms with Gasteiger partial charge in [-0.1, -0.05) is 159 Å². The molecule has 0 aliphatic carbocycles. The number of amides is 1. The number of aliphatic hydroxyl groups is 8. The fourth-order valence-corrected chi connectivity index (χ4v) is 8.11. The van der Waals surface area contributed by atoms with E-state index in [1.54, 1.807) is 6.08 Å². The van der Waals surface area contributed by atoms with Crippen molar-refractivity contribution >= 4 is 5.91 Å². The number of aliphatic hydroxyl groups excluding tert-OH is 8. The lowest BCUT2D eigenvalue weighted by atomic mass is 9.97. The highest BCUT2D eigenvalue weighted by Crippen LogP contribution is 2.30. The van der Waals surface area contributed by atoms with Gasteiger partial charge in [0, 0.05) is 6.42 Å². The molecule has 2 aliphatic rings. The Balaban J connectivity index is 1.86. The third-order valence-electron chi connectivity index (χ3n) is 12.3. The molecule has 0 saturated carbocycles. The lowest BCUT2D eigenvalue weighted by Gasteiger charge is -2.46. The Morgan fingerprint density at radius 1 is 0.547 bits per heavy atom. The number of rotatable bonds is 38. The molecule has 0 aromatic rings. The second-order valence-corrected chi connectivity index (χ2v) is 17.9. The topological polar surface area (TPSA) is 228 Å². The second kappa shape index (κ2) is 37.2. The van der Waals surface area contributed by atoms with Crippen molar-refractivity contribution in [3.8, 4) is 0 Å². The van der Waals surface area contributed by atoms with E-state index in [4.69, 9.17) is 18.9 Å². The van der Waals surface area contributed by atoms with Gasteiger partial charge in [0.1, 0.15) is 48.8 Å². The number of carbonyl (C=O) groups excluding carboxylic acids is 1. The van der Waals surface area contributed by atoms with Crippen LogP contribution in [0.25, 0.3) is 0 Å². The monoisotopic (exact) mass is 914 g/mol. The minimum absolute atomic E-state index is 0.262. The first kappa shape index (κ1) is 58.3. The summed E-state index contributed by atoms with van der Waals surface area (Å²) in [6.45, 7) is 2.71. The normalized spacial score (nSPS) is 27.5. The lowest BCUT2D eigenvalue weighted by molar-refractivity contribution is -0.359. The molecule has 0 bridgehead atoms. The zero-order valence-corrected chi connectivity index (χ0v) is 39.5. The molecule has 9 N–H and O–H groups in total. The average Bonchev–Trinajstić information content (AvgIpc) is 3.29. The number of hydrogen-bond donors (Lipinski definition) is 9. The fraction of sp³-hybridized carbons (Fsp3) is 0.860. The van der Waals surface area contributed by atoms with Crippen molar-refractivity contribution in [1.29, 1.82) is 0 Å². The Hall–Kier alpha value is -1.79. The standard InChI is InChI=1S/C50H91NO13/c1-3-5-7-9-11-13-15-16-17-18-19-20-21-22-24-25-27-29-31-33-39(54)38(51-42(55)34-32-30-28-26-23-14-12-10-8-6-4-2)37-61-49-47(60)45(58)48(41(36-53)63-49)64-50-46(59)44(57)43(56)40(35-52)62-50/h10,12,24-25,31,33,38-41,43-50,52-54,56-60H,3-9,11,13-23,26-30,32,34-37H2,1-2H3,(H,51,55)/b12-10-,25-24+,33-31+. The van der Waals surface area contributed by atoms with Crippen molar-refractivity contribution in [3.63, 3.8) is 0 Å². The van der Waals surface area contributed by atoms with E-state index in [2.05, 4.69) is 43.5 Å². The van der Waals surface area contributed by atoms with Crippen molar-refractivity contribution in [3.05, 3.63) is 36.5 Å². The van der Waals surface area contributed by atoms with Crippen LogP contribution in [0.15, 0.2) is 36.5 Å². The molecule has 14 heteroatoms. The molecule has 0 aromatic carbocycles. The number of allylic oxidation sites excluding steroid dienone is 5. The van der Waals surface area contributed by atoms with E-state index in [0.717, 1.165) is 51.4 Å². The molecule has 2 rings (SSSR count). The van der Waals surface area contributed by atoms with Gasteiger partial charge in [-0.15, -0.1) is 0 Å². The molecule has 374 valence electrons. The van der Waals surface area contributed by atoms with Crippen LogP contribution in [0.1, 0.15) is 181 Å². The first-order valence-electron chi connectivity index (χ1n) is 25.2. The second-order valence-electron chi connectivity index (χ2n) is 17.9. The third kappa shape index (κ3) is 24.3. The molecular formula is C50H91NO13. The summed E-state index contributed by atoms with van der Waals surface area (Å²) in [5.74, 6) is -0.262. The third-order valence-corrected chi connectivity index (χ3v) is 12.3. The van der Waals surface area contributed by atoms with Gasteiger partial charge in [0.05, 0.1) is 32.0 Å². The Bertz CT molecular complexity index is 1220. The Morgan fingerprint density at radius 3 is 1.58 bits per heavy atom. The van der Waals surface area contributed by atoms with Crippen molar-refractivity contribution in [1.82, 2.24) is 5.32 Å². The summed E-state index contributed by atoms with van der Waals surface area (Å²) < 4.78 is 22.6. The zero-order chi connectivity index (χ0) is 46.8. The molecule has 0 spiro atoms. The van der Waals surface area contributed by atoms with Crippen LogP contribution in [0.3, 0.4) is 0 Å². The number of carbonyl (C=O) groups is 1. The smallest absolute Gasteiger partial charge is 0.220 e. The predicted molar refractivity (Wildman–Crippen MR) is 249 cm³/mol. The highest BCUT2D eigenvalue weighted by atomic mass is 16.7. The number of ether oxygens (including phenoxy) is 4. The zero-order valence-electron chi connectivity index (χ0n) is 39.5. The molecule has 2 fully saturated rings. The Labute approximate surface area is 385 Å². The van der Waals surface area contributed by atoms with Gasteiger partial charge in [-0.25, -0.2) is 0 Å². The average molecular weight is 914 g/mol. The molecule has 12 atom stereocenters. The van der Waals surface area contributed by atoms with Gasteiger partial charge in [0.25, 0.3) is 0 Å². The predicted octanol–water partition coefficient (Wildman–Crippen LogP) is 6.32. The Morgan fingerprint density at radius 2 is 1.02 bits per heavy atom. The van der Waals surface area contributed by atoms with Crippen molar-refractivity contribution in [2.45, 2.75) is 254 Å². The fourth-order valence-electron chi connectivity index (χ4n) is 8.11. The van der Waals surface area contributed by atoms with E-state index in [1.807, 2.05) is 6.08 Å². The largest absolute Gasteiger partial charge is 0.394 e. The summed E-state index contributed by atoms with van der Waals surface area (Å²) in [5.41, 5.74) is 0. The summed E-state index contributed by atoms with van der Waals surface area (Å²) in [6, 6.07) is -0.932. The SMILES string of the molecule is CCCC/C=C\CCCCCCCC(=O)NC(COC1OC(CO)C(OC2OC(CO)C(O)C(O)C2O)C(O)C1O)C(O)/C=C/CC/C=C/CCCCCCCCCCCCCCC. The van der Waals surface area contributed by atoms with E-state index in [0.29, 0.717) is 12.8 Å². The van der Waals surface area contributed by atoms with Gasteiger partial charge in [-0.2, -0.15) is 0 Å². The number of nitrogens with one attached hydrogen (secondary N) is 1. The van der Waals surface area contributed by atoms with Crippen LogP contribution in [0.4, 0.5) is 0 Å². The van der Waals surface area contributed by atoms with Gasteiger partial charge in [-0.3, -0.25) is 4.79 Å². The summed E-state index contributed by atoms with van der Waals surface area (Å²) in [7, 11) is 0. The highest BCUT2D eigenvalue weighted by molar-refractivity contribution is 5.76. The van der Waals surface area contributed by atoms with Crippen molar-refractivity contribution in [2.24, 2.45) is 0 Å². The maximum Gasteiger partial charge on any atom is 0.220 e. The van der Waals surface area contributed by atoms with Crippen molar-refractivity contribution in [2.75, 3.05) is 19.8 Å². The quantitative estimate of drug-likeness (QED) is 0.0244. The molecule has 0 radical (unpaired) electrons. The van der Waals surface area contributed by atoms with E-state index >= 15 is 0 Å². The van der Waals surface area contributed by atoms with Gasteiger partial charge in [0.15, 0.2) is 12.6 Å². The molecule has 12 unspecified atom stereocenters. The lowest BCUT2D eigenvalue weighted by Crippen LogP contribution is -2.65. The summed E-state index contributed by atoms with van der Waals surface area (Å²) in [5, 5.41) is 86.6. The van der Waals surface area contributed by atoms with Gasteiger partial charge in [-0.05, 0) is 51.4 Å². The highest BCUT2D eigenvalue weighted by Gasteiger charge is 2.51. The molecule has 2 aliphatic heterocycles. The van der Waals surface area contributed by atoms with Crippen LogP contribution in [0.5, 0.6) is 0 Å². The van der Waals surface area contributed by atoms with Crippen molar-refractivity contribution < 1.29 is 64.6 Å². The van der Waals surface area contributed by atoms with Gasteiger partial charge < -0.3 is 65.1 Å². The van der Waals surface area contributed by atoms with E-state index in [-0.39, 0.29) is 18.9 Å². The van der Waals surface area contributed by atoms with E-state index < -0.39 is 86.8 Å². The Kier molecular flexibility index (Phi) is 33.9. The molecule has 0 aromatic heterocycles. The van der Waals surface area contributed by atoms with Crippen LogP contribution in [-0.4, -0.2) is 140 Å². The van der Waals surface area contributed by atoms with Crippen LogP contribution < -0.4 is 5.32 Å². The summed E-state index contributed by atoms with van der Waals surface area (Å²) in [6.07, 6.45) is 24.8. The minimum atomic E-state index is -1.79. The number of unbranched alkanes of at least 4 members (excludes halogenated alkanes) is 21. The van der Waals surface area contributed by atoms with Crippen LogP contribution in [0, 0.1) is 0 Å². The van der Waals surface area contributed by atoms with Gasteiger partial charge >= 0.3 is 0 Å². The van der Waals surface area contributed by atoms with Gasteiger partial charge in [0.2, 0.25) is 5.91 Å². The summed E-state index contributed by atoms with van der Waals surface area (Å²) >= 11 is 0. The molecule has 2 saturated heterocycles. The summed E-state index contributed by atoms with van der Waals surface area (Å²) in [4.78, 5) is 13.1. The molecule has 14 nitrogen and oxygen atoms in total. The molecule has 1 amide bonds. The minimum Gasteiger partial charge on any atom is -0.394 e. The van der Waals surface area contributed by atoms with E-state index in [9.17, 15) is 45.6 Å². The van der Waals surface area contributed by atoms with Crippen LogP contribution in [0.2, 0.25) is 0 Å². The van der Waals surface area contributed by atoms with Crippen LogP contribution >= 0.6 is 0 Å². The van der Waals surface area contributed by atoms with E-state index in [1.165, 1.54) is 96.3 Å². The number of hydrogen-bond acceptors (Lipinski definition) is 13. The van der Waals surface area contributed by atoms with Crippen LogP contribution in [-0.2, 0) is 23.7 Å². The maximum atomic E-state index is 13.1. The molecular weight excluding hydrogens is 823 g/mol. The molecule has 2 heterocycles.